The number of rotatable bonds is 4. The molecule has 3 aliphatic heterocycles. The smallest absolute Gasteiger partial charge is 0.265 e. The first-order valence-corrected chi connectivity index (χ1v) is 16.5. The summed E-state index contributed by atoms with van der Waals surface area (Å²) in [4.78, 5) is 60.7. The fraction of sp³-hybridized carbons (Fsp3) is 0.167. The molecule has 2 bridgehead atoms. The van der Waals surface area contributed by atoms with Crippen molar-refractivity contribution >= 4 is 56.3 Å². The summed E-state index contributed by atoms with van der Waals surface area (Å²) < 4.78 is 31.1. The lowest BCUT2D eigenvalue weighted by atomic mass is 9.48. The fourth-order valence-electron chi connectivity index (χ4n) is 8.80. The number of fused-ring (bicyclic) bond motifs is 1. The van der Waals surface area contributed by atoms with E-state index in [4.69, 9.17) is 0 Å². The van der Waals surface area contributed by atoms with Crippen molar-refractivity contribution in [1.29, 1.82) is 0 Å². The van der Waals surface area contributed by atoms with Gasteiger partial charge in [0.05, 0.1) is 45.6 Å². The molecular formula is C36H25N3O6S. The van der Waals surface area contributed by atoms with Crippen LogP contribution in [0.25, 0.3) is 5.57 Å². The number of imide groups is 2. The van der Waals surface area contributed by atoms with Crippen LogP contribution in [0.2, 0.25) is 0 Å². The van der Waals surface area contributed by atoms with Gasteiger partial charge in [-0.05, 0) is 48.0 Å². The van der Waals surface area contributed by atoms with Gasteiger partial charge in [0.15, 0.2) is 0 Å². The SMILES string of the molecule is O=C1[C@@H]2C3C=C4c5ccccc5N(S(=O)(=O)c5ccccc5)C4([C@@H]2C(=O)N1c1ccccc1)[C@H]1C(=O)N(c2ccccc2)C(=O)[C@@H]31. The Labute approximate surface area is 264 Å². The molecule has 2 saturated heterocycles. The lowest BCUT2D eigenvalue weighted by molar-refractivity contribution is -0.138. The van der Waals surface area contributed by atoms with Crippen LogP contribution in [0.15, 0.2) is 126 Å². The molecule has 3 heterocycles. The zero-order valence-corrected chi connectivity index (χ0v) is 24.9. The van der Waals surface area contributed by atoms with Crippen molar-refractivity contribution in [2.45, 2.75) is 10.4 Å². The number of hydrogen-bond acceptors (Lipinski definition) is 6. The second-order valence-electron chi connectivity index (χ2n) is 12.3. The summed E-state index contributed by atoms with van der Waals surface area (Å²) in [5.74, 6) is -7.65. The van der Waals surface area contributed by atoms with Gasteiger partial charge >= 0.3 is 0 Å². The van der Waals surface area contributed by atoms with Gasteiger partial charge in [-0.2, -0.15) is 0 Å². The molecule has 6 atom stereocenters. The number of nitrogens with zero attached hydrogens (tertiary/aromatic N) is 3. The van der Waals surface area contributed by atoms with Gasteiger partial charge in [-0.15, -0.1) is 0 Å². The molecule has 4 aromatic carbocycles. The molecule has 226 valence electrons. The van der Waals surface area contributed by atoms with Crippen LogP contribution >= 0.6 is 0 Å². The highest BCUT2D eigenvalue weighted by atomic mass is 32.2. The van der Waals surface area contributed by atoms with E-state index in [-0.39, 0.29) is 4.90 Å². The van der Waals surface area contributed by atoms with Crippen molar-refractivity contribution in [2.24, 2.45) is 29.6 Å². The van der Waals surface area contributed by atoms with E-state index >= 15 is 0 Å². The Balaban J connectivity index is 1.36. The molecule has 10 heteroatoms. The van der Waals surface area contributed by atoms with Crippen LogP contribution in [0.4, 0.5) is 17.1 Å². The van der Waals surface area contributed by atoms with E-state index in [0.717, 1.165) is 9.80 Å². The predicted molar refractivity (Wildman–Crippen MR) is 169 cm³/mol. The highest BCUT2D eigenvalue weighted by Crippen LogP contribution is 2.70. The first kappa shape index (κ1) is 27.0. The van der Waals surface area contributed by atoms with Crippen molar-refractivity contribution in [3.05, 3.63) is 127 Å². The van der Waals surface area contributed by atoms with Gasteiger partial charge in [-0.3, -0.25) is 23.5 Å². The normalized spacial score (nSPS) is 29.1. The van der Waals surface area contributed by atoms with Crippen LogP contribution in [-0.4, -0.2) is 37.6 Å². The van der Waals surface area contributed by atoms with Crippen molar-refractivity contribution in [2.75, 3.05) is 14.1 Å². The number of anilines is 3. The maximum Gasteiger partial charge on any atom is 0.265 e. The summed E-state index contributed by atoms with van der Waals surface area (Å²) in [6, 6.07) is 31.8. The van der Waals surface area contributed by atoms with Crippen LogP contribution in [0, 0.1) is 29.6 Å². The summed E-state index contributed by atoms with van der Waals surface area (Å²) in [5, 5.41) is 0. The molecule has 4 amide bonds. The molecule has 6 aliphatic rings. The first-order valence-electron chi connectivity index (χ1n) is 15.1. The van der Waals surface area contributed by atoms with E-state index in [0.29, 0.717) is 28.2 Å². The Bertz CT molecular complexity index is 2070. The average molecular weight is 628 g/mol. The van der Waals surface area contributed by atoms with Gasteiger partial charge in [0, 0.05) is 11.5 Å². The summed E-state index contributed by atoms with van der Waals surface area (Å²) in [7, 11) is -4.46. The van der Waals surface area contributed by atoms with Gasteiger partial charge in [-0.25, -0.2) is 18.2 Å². The van der Waals surface area contributed by atoms with Crippen molar-refractivity contribution in [3.8, 4) is 0 Å². The molecule has 0 radical (unpaired) electrons. The van der Waals surface area contributed by atoms with Crippen LogP contribution in [-0.2, 0) is 29.2 Å². The van der Waals surface area contributed by atoms with E-state index < -0.39 is 68.8 Å². The second kappa shape index (κ2) is 9.11. The van der Waals surface area contributed by atoms with Gasteiger partial charge in [0.25, 0.3) is 10.0 Å². The fourth-order valence-corrected chi connectivity index (χ4v) is 10.7. The highest BCUT2D eigenvalue weighted by Gasteiger charge is 2.81. The molecule has 4 aromatic rings. The molecule has 46 heavy (non-hydrogen) atoms. The standard InChI is InChI=1S/C36H25N3O6S/c40-32-28-25-20-26-24-18-10-11-19-27(24)39(46(44,45)23-16-8-3-9-17-23)36(26,30(28)34(42)37(32)21-12-4-1-5-13-21)31-29(25)33(41)38(35(31)43)22-14-6-2-7-15-22/h1-20,25,28-31H/t25?,28-,29+,30+,31-,36?. The minimum absolute atomic E-state index is 0.0328. The minimum atomic E-state index is -4.46. The van der Waals surface area contributed by atoms with E-state index in [1.165, 1.54) is 16.4 Å². The molecule has 1 saturated carbocycles. The summed E-state index contributed by atoms with van der Waals surface area (Å²) >= 11 is 0. The maximum atomic E-state index is 15.0. The zero-order valence-electron chi connectivity index (χ0n) is 24.1. The average Bonchev–Trinajstić information content (AvgIpc) is 3.65. The van der Waals surface area contributed by atoms with E-state index in [9.17, 15) is 27.6 Å². The third-order valence-electron chi connectivity index (χ3n) is 10.3. The second-order valence-corrected chi connectivity index (χ2v) is 14.1. The van der Waals surface area contributed by atoms with Crippen LogP contribution in [0.3, 0.4) is 0 Å². The molecule has 3 fully saturated rings. The molecule has 0 aromatic heterocycles. The summed E-state index contributed by atoms with van der Waals surface area (Å²) in [6.07, 6.45) is 1.81. The van der Waals surface area contributed by atoms with Crippen LogP contribution < -0.4 is 14.1 Å². The molecule has 0 N–H and O–H groups in total. The number of carbonyl (C=O) groups excluding carboxylic acids is 4. The lowest BCUT2D eigenvalue weighted by Crippen LogP contribution is -2.70. The van der Waals surface area contributed by atoms with Gasteiger partial charge in [-0.1, -0.05) is 78.9 Å². The molecule has 1 spiro atoms. The molecular weight excluding hydrogens is 602 g/mol. The van der Waals surface area contributed by atoms with E-state index in [1.54, 1.807) is 109 Å². The first-order chi connectivity index (χ1) is 22.3. The Morgan fingerprint density at radius 3 is 1.52 bits per heavy atom. The maximum absolute atomic E-state index is 15.0. The number of allylic oxidation sites excluding steroid dienone is 1. The number of hydrogen-bond donors (Lipinski definition) is 0. The molecule has 3 aliphatic carbocycles. The van der Waals surface area contributed by atoms with Crippen molar-refractivity contribution < 1.29 is 27.6 Å². The Morgan fingerprint density at radius 1 is 0.543 bits per heavy atom. The van der Waals surface area contributed by atoms with Crippen molar-refractivity contribution in [3.63, 3.8) is 0 Å². The minimum Gasteiger partial charge on any atom is -0.274 e. The monoisotopic (exact) mass is 627 g/mol. The summed E-state index contributed by atoms with van der Waals surface area (Å²) in [6.45, 7) is 0. The largest absolute Gasteiger partial charge is 0.274 e. The molecule has 10 rings (SSSR count). The quantitative estimate of drug-likeness (QED) is 0.313. The van der Waals surface area contributed by atoms with Gasteiger partial charge in [0.2, 0.25) is 23.6 Å². The Kier molecular flexibility index (Phi) is 5.35. The highest BCUT2D eigenvalue weighted by molar-refractivity contribution is 7.93. The molecule has 2 unspecified atom stereocenters. The van der Waals surface area contributed by atoms with Crippen LogP contribution in [0.1, 0.15) is 5.56 Å². The van der Waals surface area contributed by atoms with Crippen LogP contribution in [0.5, 0.6) is 0 Å². The third kappa shape index (κ3) is 3.07. The van der Waals surface area contributed by atoms with Gasteiger partial charge in [0.1, 0.15) is 5.54 Å². The van der Waals surface area contributed by atoms with Gasteiger partial charge < -0.3 is 0 Å². The van der Waals surface area contributed by atoms with E-state index in [1.807, 2.05) is 0 Å². The Morgan fingerprint density at radius 2 is 1.00 bits per heavy atom. The Hall–Kier alpha value is -5.35. The number of carbonyl (C=O) groups is 4. The predicted octanol–water partition coefficient (Wildman–Crippen LogP) is 4.27. The third-order valence-corrected chi connectivity index (χ3v) is 12.2. The number of para-hydroxylation sites is 3. The lowest BCUT2D eigenvalue weighted by Gasteiger charge is -2.56. The topological polar surface area (TPSA) is 112 Å². The number of benzene rings is 4. The number of sulfonamides is 1. The summed E-state index contributed by atoms with van der Waals surface area (Å²) in [5.41, 5.74) is 0.170. The number of amides is 4. The van der Waals surface area contributed by atoms with E-state index in [2.05, 4.69) is 0 Å². The molecule has 9 nitrogen and oxygen atoms in total. The van der Waals surface area contributed by atoms with Crippen molar-refractivity contribution in [1.82, 2.24) is 0 Å². The zero-order chi connectivity index (χ0) is 31.5.